The number of fused-ring (bicyclic) bond motifs is 10. The summed E-state index contributed by atoms with van der Waals surface area (Å²) in [5, 5.41) is -1.91. The molecule has 10 nitrogen and oxygen atoms in total. The van der Waals surface area contributed by atoms with Gasteiger partial charge in [0.2, 0.25) is 51.2 Å². The molecule has 730 valence electrons. The Labute approximate surface area is 912 Å². The Hall–Kier alpha value is -9.75. The van der Waals surface area contributed by atoms with Crippen LogP contribution in [0.25, 0.3) is 0 Å². The van der Waals surface area contributed by atoms with Crippen molar-refractivity contribution < 1.29 is 47.9 Å². The van der Waals surface area contributed by atoms with Crippen LogP contribution in [0.2, 0.25) is 0 Å². The van der Waals surface area contributed by atoms with Gasteiger partial charge < -0.3 is 0 Å². The summed E-state index contributed by atoms with van der Waals surface area (Å²) in [4.78, 5) is 159. The van der Waals surface area contributed by atoms with Crippen molar-refractivity contribution in [2.24, 2.45) is 0 Å². The predicted molar refractivity (Wildman–Crippen MR) is 613 cm³/mol. The lowest BCUT2D eigenvalue weighted by Gasteiger charge is -2.21. The van der Waals surface area contributed by atoms with E-state index in [0.717, 1.165) is 243 Å². The van der Waals surface area contributed by atoms with Crippen molar-refractivity contribution in [3.8, 4) is 0 Å². The number of benzene rings is 15. The van der Waals surface area contributed by atoms with Crippen molar-refractivity contribution in [3.63, 3.8) is 0 Å². The molecule has 0 saturated heterocycles. The summed E-state index contributed by atoms with van der Waals surface area (Å²) in [5.41, 5.74) is 6.72. The van der Waals surface area contributed by atoms with Crippen LogP contribution in [0.3, 0.4) is 0 Å². The number of hydrogen-bond donors (Lipinski definition) is 0. The molecule has 0 radical (unpaired) electrons. The van der Waals surface area contributed by atoms with Crippen molar-refractivity contribution in [1.82, 2.24) is 0 Å². The summed E-state index contributed by atoms with van der Waals surface area (Å²) in [7, 11) is 0. The van der Waals surface area contributed by atoms with Crippen LogP contribution in [0.4, 0.5) is 0 Å². The molecule has 30 bridgehead atoms. The monoisotopic (exact) mass is 2180 g/mol. The minimum absolute atomic E-state index is 0.191. The largest absolute Gasteiger partial charge is 0.281 e. The van der Waals surface area contributed by atoms with E-state index in [2.05, 4.69) is 104 Å². The number of carbonyl (C=O) groups excluding carboxylic acids is 10. The average molecular weight is 2180 g/mol. The molecule has 0 aromatic heterocycles. The van der Waals surface area contributed by atoms with Crippen molar-refractivity contribution in [2.75, 3.05) is 0 Å². The Balaban J connectivity index is 0.598. The predicted octanol–water partition coefficient (Wildman–Crippen LogP) is 36.6. The first-order valence-corrected chi connectivity index (χ1v) is 58.5. The molecule has 0 saturated carbocycles. The van der Waals surface area contributed by atoms with Gasteiger partial charge in [-0.1, -0.05) is 163 Å². The standard InChI is InChI=1S/C120H100O10S15/c1-116(2,3)81-61-71-56-72(62-81)107(122)137-97-38-18-87(19-39-97)132-89-22-42-99(43-23-89)139-109(124)74-58-76(66-83(64-74)118(7,8)9)111(126)141-101-46-26-91(27-47-101)134-93-30-50-103(51-31-93)143-113(128)78-60-80(70-85(68-78)120(13,14)15)115(130)145-105-54-34-95(35-55-105)135-94-32-52-104(53-33-94)144-114(129)79-59-77(67-84(69-79)119(10,11)12)112(127)142-102-48-28-92(29-49-102)133-90-24-44-100(45-25-90)140-110(125)75-57-73(63-82(65-75)117(4,5)6)108(123)138-98-40-20-88(21-41-98)131-86-16-36-96(37-17-86)136-106(71)121/h16-70H,1-15H3. The summed E-state index contributed by atoms with van der Waals surface area (Å²) < 4.78 is 0. The van der Waals surface area contributed by atoms with Gasteiger partial charge in [0.25, 0.3) is 0 Å². The summed E-state index contributed by atoms with van der Waals surface area (Å²) in [5.74, 6) is 0. The molecule has 0 spiro atoms. The topological polar surface area (TPSA) is 171 Å². The Morgan fingerprint density at radius 3 is 0.248 bits per heavy atom. The quantitative estimate of drug-likeness (QED) is 0.140. The minimum atomic E-state index is -0.369. The van der Waals surface area contributed by atoms with Crippen molar-refractivity contribution in [1.29, 1.82) is 0 Å². The molecule has 0 atom stereocenters. The van der Waals surface area contributed by atoms with Crippen LogP contribution < -0.4 is 0 Å². The van der Waals surface area contributed by atoms with E-state index in [0.29, 0.717) is 55.6 Å². The van der Waals surface area contributed by atoms with Gasteiger partial charge in [-0.05, 0) is 506 Å². The Bertz CT molecular complexity index is 6040. The van der Waals surface area contributed by atoms with Gasteiger partial charge >= 0.3 is 0 Å². The third-order valence-corrected chi connectivity index (χ3v) is 37.2. The molecule has 11 aliphatic rings. The van der Waals surface area contributed by atoms with E-state index in [1.54, 1.807) is 89.1 Å². The zero-order chi connectivity index (χ0) is 103. The highest BCUT2D eigenvalue weighted by atomic mass is 32.2. The van der Waals surface area contributed by atoms with Gasteiger partial charge in [0, 0.05) is 154 Å². The normalized spacial score (nSPS) is 14.4. The van der Waals surface area contributed by atoms with Crippen LogP contribution >= 0.6 is 176 Å². The SMILES string of the molecule is CC(C)(C)c1cc2cc(c1)C(=O)Sc1ccc(cc1)Sc1ccc(cc1)SC(=O)c1cc(cc(C(C)(C)C)c1)C(=O)Sc1ccc(cc1)Sc1ccc(cc1)SC(=O)c1cc(cc(C(C)(C)C)c1)C(=O)Sc1ccc(cc1)Sc1ccc(cc1)SC(=O)c1cc(cc(C(C)(C)C)c1)C(=O)Sc1ccc(cc1)Sc1ccc(cc1)SC(=O)c1cc(cc(C(C)(C)C)c1)C(=O)Sc1ccc(cc1)Sc1ccc(cc1)SC2=O. The molecule has 15 aromatic carbocycles. The molecule has 26 rings (SSSR count). The highest BCUT2D eigenvalue weighted by molar-refractivity contribution is 8.17. The van der Waals surface area contributed by atoms with Crippen LogP contribution in [0, 0.1) is 0 Å². The Kier molecular flexibility index (Phi) is 35.0. The second-order valence-corrected chi connectivity index (χ2v) is 55.6. The van der Waals surface area contributed by atoms with Crippen molar-refractivity contribution >= 4 is 228 Å². The lowest BCUT2D eigenvalue weighted by Crippen LogP contribution is -2.13. The fourth-order valence-electron chi connectivity index (χ4n) is 14.6. The van der Waals surface area contributed by atoms with Crippen LogP contribution in [0.5, 0.6) is 0 Å². The van der Waals surface area contributed by atoms with E-state index < -0.39 is 0 Å². The maximum absolute atomic E-state index is 14.2. The molecule has 0 aliphatic carbocycles. The smallest absolute Gasteiger partial charge is 0.224 e. The molecule has 15 aromatic rings. The molecule has 25 heteroatoms. The maximum atomic E-state index is 14.2. The van der Waals surface area contributed by atoms with Crippen LogP contribution in [-0.2, 0) is 27.1 Å². The average Bonchev–Trinajstić information content (AvgIpc) is 0.815. The van der Waals surface area contributed by atoms with E-state index in [1.165, 1.54) is 0 Å². The van der Waals surface area contributed by atoms with Gasteiger partial charge in [0.15, 0.2) is 0 Å². The lowest BCUT2D eigenvalue weighted by atomic mass is 9.85. The molecule has 0 amide bonds. The van der Waals surface area contributed by atoms with Crippen molar-refractivity contribution in [2.45, 2.75) is 229 Å². The molecule has 0 unspecified atom stereocenters. The summed E-state index contributed by atoms with van der Waals surface area (Å²) >= 11 is 18.8. The Morgan fingerprint density at radius 2 is 0.179 bits per heavy atom. The molecular weight excluding hydrogens is 2080 g/mol. The van der Waals surface area contributed by atoms with E-state index in [9.17, 15) is 47.9 Å². The van der Waals surface area contributed by atoms with E-state index in [4.69, 9.17) is 0 Å². The van der Waals surface area contributed by atoms with Gasteiger partial charge in [-0.15, -0.1) is 0 Å². The molecular formula is C120H100O10S15. The molecule has 11 aliphatic heterocycles. The third-order valence-electron chi connectivity index (χ3n) is 22.9. The molecule has 0 N–H and O–H groups in total. The Morgan fingerprint density at radius 1 is 0.110 bits per heavy atom. The first-order chi connectivity index (χ1) is 68.9. The number of rotatable bonds is 0. The van der Waals surface area contributed by atoms with E-state index >= 15 is 0 Å². The van der Waals surface area contributed by atoms with E-state index in [1.807, 2.05) is 303 Å². The summed E-state index contributed by atoms with van der Waals surface area (Å²) in [6.07, 6.45) is 0. The zero-order valence-corrected chi connectivity index (χ0v) is 94.2. The second-order valence-electron chi connectivity index (χ2n) is 39.4. The van der Waals surface area contributed by atoms with Gasteiger partial charge in [-0.3, -0.25) is 47.9 Å². The maximum Gasteiger partial charge on any atom is 0.224 e. The minimum Gasteiger partial charge on any atom is -0.281 e. The first kappa shape index (κ1) is 108. The highest BCUT2D eigenvalue weighted by Gasteiger charge is 2.30. The first-order valence-electron chi connectivity index (χ1n) is 46.3. The second kappa shape index (κ2) is 47.0. The van der Waals surface area contributed by atoms with Crippen LogP contribution in [0.15, 0.2) is 432 Å². The van der Waals surface area contributed by atoms with Gasteiger partial charge in [0.05, 0.1) is 0 Å². The van der Waals surface area contributed by atoms with Crippen LogP contribution in [0.1, 0.15) is 235 Å². The van der Waals surface area contributed by atoms with Crippen molar-refractivity contribution in [3.05, 3.63) is 417 Å². The summed E-state index contributed by atoms with van der Waals surface area (Å²) in [6.45, 7) is 30.9. The third kappa shape index (κ3) is 29.9. The zero-order valence-electron chi connectivity index (χ0n) is 82.0. The lowest BCUT2D eigenvalue weighted by molar-refractivity contribution is 0.107. The summed E-state index contributed by atoms with van der Waals surface area (Å²) in [6, 6.07) is 105. The number of carbonyl (C=O) groups is 10. The van der Waals surface area contributed by atoms with E-state index in [-0.39, 0.29) is 78.2 Å². The van der Waals surface area contributed by atoms with Gasteiger partial charge in [0.1, 0.15) is 0 Å². The highest BCUT2D eigenvalue weighted by Crippen LogP contribution is 2.45. The molecule has 145 heavy (non-hydrogen) atoms. The fourth-order valence-corrected chi connectivity index (χ4v) is 25.9. The number of thioether (sulfide) groups is 10. The van der Waals surface area contributed by atoms with Gasteiger partial charge in [-0.25, -0.2) is 0 Å². The fraction of sp³-hybridized carbons (Fsp3) is 0.167. The number of hydrogen-bond acceptors (Lipinski definition) is 25. The molecule has 11 heterocycles. The van der Waals surface area contributed by atoms with Crippen LogP contribution in [-0.4, -0.2) is 51.2 Å². The molecule has 0 fully saturated rings. The van der Waals surface area contributed by atoms with Gasteiger partial charge in [-0.2, -0.15) is 0 Å².